The number of hydrogen-bond donors (Lipinski definition) is 6. The first-order valence-electron chi connectivity index (χ1n) is 9.54. The lowest BCUT2D eigenvalue weighted by Crippen LogP contribution is -2.38. The minimum Gasteiger partial charge on any atom is -0.386 e. The maximum absolute atomic E-state index is 12.2. The van der Waals surface area contributed by atoms with Crippen molar-refractivity contribution in [3.63, 3.8) is 0 Å². The molecule has 2 unspecified atom stereocenters. The Morgan fingerprint density at radius 2 is 1.77 bits per heavy atom. The number of aromatic nitrogens is 2. The molecule has 0 saturated carbocycles. The van der Waals surface area contributed by atoms with Crippen molar-refractivity contribution in [2.45, 2.75) is 44.1 Å². The topological polar surface area (TPSA) is 244 Å². The molecule has 2 heterocycles. The lowest BCUT2D eigenvalue weighted by Gasteiger charge is -2.21. The van der Waals surface area contributed by atoms with Crippen molar-refractivity contribution in [1.29, 1.82) is 0 Å². The van der Waals surface area contributed by atoms with Gasteiger partial charge in [-0.15, -0.1) is 12.3 Å². The second-order valence-electron chi connectivity index (χ2n) is 6.87. The van der Waals surface area contributed by atoms with Crippen LogP contribution in [0, 0.1) is 24.2 Å². The summed E-state index contributed by atoms with van der Waals surface area (Å²) in [6, 6.07) is 0. The third-order valence-corrected chi connectivity index (χ3v) is 7.99. The fourth-order valence-corrected chi connectivity index (χ4v) is 5.93. The summed E-state index contributed by atoms with van der Waals surface area (Å²) in [7, 11) is -16.9. The molecule has 1 saturated heterocycles. The van der Waals surface area contributed by atoms with Gasteiger partial charge in [0.05, 0.1) is 6.61 Å². The molecule has 194 valence electrons. The van der Waals surface area contributed by atoms with E-state index in [0.717, 1.165) is 17.2 Å². The van der Waals surface area contributed by atoms with E-state index >= 15 is 0 Å². The van der Waals surface area contributed by atoms with Crippen LogP contribution in [0.1, 0.15) is 37.5 Å². The van der Waals surface area contributed by atoms with E-state index in [1.807, 2.05) is 4.98 Å². The molecule has 16 nitrogen and oxygen atoms in total. The average Bonchev–Trinajstić information content (AvgIpc) is 3.02. The summed E-state index contributed by atoms with van der Waals surface area (Å²) >= 11 is 0. The Balaban J connectivity index is 2.14. The van der Waals surface area contributed by atoms with Crippen LogP contribution in [0.3, 0.4) is 0 Å². The van der Waals surface area contributed by atoms with Crippen molar-refractivity contribution < 1.29 is 56.3 Å². The van der Waals surface area contributed by atoms with Crippen molar-refractivity contribution in [2.75, 3.05) is 6.61 Å². The van der Waals surface area contributed by atoms with Crippen LogP contribution >= 0.6 is 23.5 Å². The summed E-state index contributed by atoms with van der Waals surface area (Å²) in [5, 5.41) is 10.4. The Hall–Kier alpha value is -1.87. The summed E-state index contributed by atoms with van der Waals surface area (Å²) in [6.45, 7) is -0.642. The maximum Gasteiger partial charge on any atom is 0.490 e. The van der Waals surface area contributed by atoms with E-state index in [9.17, 15) is 38.2 Å². The molecule has 1 aliphatic rings. The molecule has 1 aliphatic heterocycles. The largest absolute Gasteiger partial charge is 0.490 e. The highest BCUT2D eigenvalue weighted by Gasteiger charge is 2.46. The maximum atomic E-state index is 12.2. The molecule has 0 aromatic carbocycles. The summed E-state index contributed by atoms with van der Waals surface area (Å²) in [6.07, 6.45) is 3.43. The molecule has 5 atom stereocenters. The first kappa shape index (κ1) is 29.4. The highest BCUT2D eigenvalue weighted by molar-refractivity contribution is 7.66. The first-order chi connectivity index (χ1) is 16.1. The quantitative estimate of drug-likeness (QED) is 0.123. The van der Waals surface area contributed by atoms with Crippen LogP contribution in [-0.4, -0.2) is 53.0 Å². The number of nitrogens with one attached hydrogen (secondary N) is 1. The highest BCUT2D eigenvalue weighted by Crippen LogP contribution is 2.66. The second kappa shape index (κ2) is 11.9. The first-order valence-corrected chi connectivity index (χ1v) is 14.1. The average molecular weight is 558 g/mol. The van der Waals surface area contributed by atoms with E-state index in [2.05, 4.69) is 30.9 Å². The Labute approximate surface area is 197 Å². The van der Waals surface area contributed by atoms with Crippen LogP contribution < -0.4 is 11.2 Å². The van der Waals surface area contributed by atoms with Gasteiger partial charge in [0, 0.05) is 19.0 Å². The van der Waals surface area contributed by atoms with Gasteiger partial charge in [0.1, 0.15) is 17.8 Å². The molecule has 1 aromatic rings. The van der Waals surface area contributed by atoms with Crippen LogP contribution in [0.5, 0.6) is 0 Å². The van der Waals surface area contributed by atoms with Gasteiger partial charge in [-0.2, -0.15) is 8.62 Å². The van der Waals surface area contributed by atoms with E-state index in [1.165, 1.54) is 0 Å². The van der Waals surface area contributed by atoms with Gasteiger partial charge >= 0.3 is 29.2 Å². The summed E-state index contributed by atoms with van der Waals surface area (Å²) in [4.78, 5) is 62.1. The molecular formula is C16H21N2O14P3. The molecule has 19 heteroatoms. The number of aliphatic hydroxyl groups is 1. The van der Waals surface area contributed by atoms with Crippen molar-refractivity contribution in [3.05, 3.63) is 32.6 Å². The summed E-state index contributed by atoms with van der Waals surface area (Å²) in [5.74, 6) is 7.79. The normalized spacial score (nSPS) is 23.5. The number of unbranched alkanes of at least 4 members (excludes halogenated alkanes) is 3. The van der Waals surface area contributed by atoms with Gasteiger partial charge < -0.3 is 29.4 Å². The van der Waals surface area contributed by atoms with Gasteiger partial charge in [0.2, 0.25) is 0 Å². The zero-order chi connectivity index (χ0) is 26.4. The number of nitrogens with zero attached hydrogens (tertiary/aromatic N) is 1. The summed E-state index contributed by atoms with van der Waals surface area (Å²) in [5.41, 5.74) is -1.97. The number of phosphoric ester groups is 1. The van der Waals surface area contributed by atoms with Gasteiger partial charge in [-0.05, 0) is 12.8 Å². The molecule has 6 N–H and O–H groups in total. The Kier molecular flexibility index (Phi) is 9.99. The van der Waals surface area contributed by atoms with Crippen molar-refractivity contribution >= 4 is 23.5 Å². The molecule has 1 aromatic heterocycles. The van der Waals surface area contributed by atoms with E-state index in [1.54, 1.807) is 0 Å². The minimum absolute atomic E-state index is 0.145. The third kappa shape index (κ3) is 9.26. The number of ether oxygens (including phenoxy) is 1. The monoisotopic (exact) mass is 558 g/mol. The van der Waals surface area contributed by atoms with Crippen molar-refractivity contribution in [1.82, 2.24) is 9.55 Å². The molecule has 0 amide bonds. The van der Waals surface area contributed by atoms with E-state index in [-0.39, 0.29) is 5.56 Å². The van der Waals surface area contributed by atoms with Crippen LogP contribution in [0.2, 0.25) is 0 Å². The van der Waals surface area contributed by atoms with Gasteiger partial charge in [0.25, 0.3) is 5.56 Å². The van der Waals surface area contributed by atoms with Crippen LogP contribution in [-0.2, 0) is 31.6 Å². The Morgan fingerprint density at radius 1 is 1.11 bits per heavy atom. The number of hydrogen-bond acceptors (Lipinski definition) is 10. The van der Waals surface area contributed by atoms with Crippen molar-refractivity contribution in [2.24, 2.45) is 0 Å². The Bertz CT molecular complexity index is 1280. The number of H-pyrrole nitrogens is 1. The fourth-order valence-electron chi connectivity index (χ4n) is 2.74. The molecular weight excluding hydrogens is 537 g/mol. The number of aliphatic hydroxyl groups excluding tert-OH is 1. The summed E-state index contributed by atoms with van der Waals surface area (Å²) < 4.78 is 51.7. The molecule has 0 bridgehead atoms. The molecule has 1 fully saturated rings. The fraction of sp³-hybridized carbons (Fsp3) is 0.500. The Morgan fingerprint density at radius 3 is 2.40 bits per heavy atom. The zero-order valence-corrected chi connectivity index (χ0v) is 20.3. The second-order valence-corrected chi connectivity index (χ2v) is 11.2. The lowest BCUT2D eigenvalue weighted by atomic mass is 10.2. The molecule has 0 aliphatic carbocycles. The SMILES string of the molecule is C#CCCCCC#Cc1cn([C@@H]2OC[C@H](OP(=O)(O)OP(=O)(O)OP(=O)(O)O)[C@H]2O)c(=O)[nH]c1=O. The molecule has 0 radical (unpaired) electrons. The van der Waals surface area contributed by atoms with Gasteiger partial charge in [-0.25, -0.2) is 18.5 Å². The molecule has 2 rings (SSSR count). The standard InChI is InChI=1S/C16H21N2O14P3/c1-2-3-4-5-6-7-8-11-9-18(16(21)17-14(11)20)15-13(19)12(10-29-15)30-34(25,26)32-35(27,28)31-33(22,23)24/h1,9,12-13,15,19H,3-6,10H2,(H,25,26)(H,27,28)(H,17,20,21)(H2,22,23,24)/t12-,13+,15+/m0/s1. The van der Waals surface area contributed by atoms with Gasteiger partial charge in [0.15, 0.2) is 6.23 Å². The minimum atomic E-state index is -5.77. The number of aromatic amines is 1. The van der Waals surface area contributed by atoms with E-state index < -0.39 is 59.8 Å². The van der Waals surface area contributed by atoms with Crippen LogP contribution in [0.4, 0.5) is 0 Å². The smallest absolute Gasteiger partial charge is 0.386 e. The predicted octanol–water partition coefficient (Wildman–Crippen LogP) is -0.317. The predicted molar refractivity (Wildman–Crippen MR) is 115 cm³/mol. The van der Waals surface area contributed by atoms with Crippen LogP contribution in [0.25, 0.3) is 0 Å². The number of rotatable bonds is 10. The van der Waals surface area contributed by atoms with Gasteiger partial charge in [-0.1, -0.05) is 11.8 Å². The highest BCUT2D eigenvalue weighted by atomic mass is 31.3. The third-order valence-electron chi connectivity index (χ3n) is 4.13. The molecule has 0 spiro atoms. The van der Waals surface area contributed by atoms with Crippen LogP contribution in [0.15, 0.2) is 15.8 Å². The van der Waals surface area contributed by atoms with E-state index in [0.29, 0.717) is 19.3 Å². The molecule has 35 heavy (non-hydrogen) atoms. The number of phosphoric acid groups is 3. The number of terminal acetylenes is 1. The zero-order valence-electron chi connectivity index (χ0n) is 17.6. The van der Waals surface area contributed by atoms with E-state index in [4.69, 9.17) is 20.9 Å². The van der Waals surface area contributed by atoms with Gasteiger partial charge in [-0.3, -0.25) is 18.9 Å². The van der Waals surface area contributed by atoms with Crippen molar-refractivity contribution in [3.8, 4) is 24.2 Å². The lowest BCUT2D eigenvalue weighted by molar-refractivity contribution is -0.0210.